The van der Waals surface area contributed by atoms with E-state index in [9.17, 15) is 13.2 Å². The van der Waals surface area contributed by atoms with Gasteiger partial charge in [-0.25, -0.2) is 0 Å². The molecule has 0 fully saturated rings. The van der Waals surface area contributed by atoms with Crippen molar-refractivity contribution in [3.63, 3.8) is 0 Å². The second-order valence-corrected chi connectivity index (χ2v) is 3.56. The Morgan fingerprint density at radius 1 is 0.941 bits per heavy atom. The summed E-state index contributed by atoms with van der Waals surface area (Å²) in [6, 6.07) is 5.20. The highest BCUT2D eigenvalue weighted by atomic mass is 35.5. The van der Waals surface area contributed by atoms with Crippen molar-refractivity contribution < 1.29 is 13.2 Å². The fraction of sp³-hybridized carbons (Fsp3) is 0.100. The van der Waals surface area contributed by atoms with E-state index in [-0.39, 0.29) is 5.15 Å². The van der Waals surface area contributed by atoms with Crippen LogP contribution in [0.15, 0.2) is 30.5 Å². The minimum atomic E-state index is -4.39. The first-order chi connectivity index (χ1) is 7.97. The lowest BCUT2D eigenvalue weighted by atomic mass is 10.2. The van der Waals surface area contributed by atoms with E-state index >= 15 is 0 Å². The summed E-state index contributed by atoms with van der Waals surface area (Å²) in [5, 5.41) is 7.50. The third-order valence-electron chi connectivity index (χ3n) is 1.99. The van der Waals surface area contributed by atoms with Crippen LogP contribution < -0.4 is 0 Å². The molecule has 0 spiro atoms. The van der Waals surface area contributed by atoms with E-state index in [4.69, 9.17) is 11.6 Å². The molecule has 0 amide bonds. The molecule has 0 N–H and O–H groups in total. The molecule has 0 bridgehead atoms. The molecule has 17 heavy (non-hydrogen) atoms. The highest BCUT2D eigenvalue weighted by molar-refractivity contribution is 6.29. The lowest BCUT2D eigenvalue weighted by molar-refractivity contribution is -0.137. The summed E-state index contributed by atoms with van der Waals surface area (Å²) in [7, 11) is 0. The predicted octanol–water partition coefficient (Wildman–Crippen LogP) is 3.21. The predicted molar refractivity (Wildman–Crippen MR) is 55.3 cm³/mol. The van der Waals surface area contributed by atoms with Crippen LogP contribution in [0.1, 0.15) is 5.56 Å². The Balaban J connectivity index is 2.33. The molecule has 0 radical (unpaired) electrons. The van der Waals surface area contributed by atoms with Crippen LogP contribution >= 0.6 is 11.6 Å². The van der Waals surface area contributed by atoms with Crippen LogP contribution in [0.3, 0.4) is 0 Å². The maximum Gasteiger partial charge on any atom is 0.417 e. The Kier molecular flexibility index (Phi) is 2.97. The van der Waals surface area contributed by atoms with Gasteiger partial charge >= 0.3 is 6.18 Å². The van der Waals surface area contributed by atoms with Crippen molar-refractivity contribution in [3.8, 4) is 11.4 Å². The summed E-state index contributed by atoms with van der Waals surface area (Å²) in [6.07, 6.45) is -3.64. The lowest BCUT2D eigenvalue weighted by Crippen LogP contribution is -2.05. The molecule has 0 unspecified atom stereocenters. The minimum Gasteiger partial charge on any atom is -0.254 e. The zero-order valence-electron chi connectivity index (χ0n) is 8.24. The van der Waals surface area contributed by atoms with Crippen molar-refractivity contribution in [3.05, 3.63) is 41.2 Å². The molecule has 0 aliphatic carbocycles. The number of rotatable bonds is 1. The van der Waals surface area contributed by atoms with Crippen LogP contribution in [0.5, 0.6) is 0 Å². The van der Waals surface area contributed by atoms with Crippen molar-refractivity contribution in [2.75, 3.05) is 0 Å². The minimum absolute atomic E-state index is 0.209. The highest BCUT2D eigenvalue weighted by Crippen LogP contribution is 2.29. The standard InChI is InChI=1S/C10H5ClF3N3/c11-9-4-3-8(16-17-9)7-2-1-6(5-15-7)10(12,13)14/h1-5H. The van der Waals surface area contributed by atoms with Crippen molar-refractivity contribution in [2.24, 2.45) is 0 Å². The van der Waals surface area contributed by atoms with Gasteiger partial charge in [0.05, 0.1) is 11.3 Å². The average molecular weight is 260 g/mol. The van der Waals surface area contributed by atoms with Crippen molar-refractivity contribution in [1.29, 1.82) is 0 Å². The maximum absolute atomic E-state index is 12.3. The van der Waals surface area contributed by atoms with Crippen LogP contribution in [0.25, 0.3) is 11.4 Å². The third-order valence-corrected chi connectivity index (χ3v) is 2.19. The van der Waals surface area contributed by atoms with Gasteiger partial charge < -0.3 is 0 Å². The molecule has 2 heterocycles. The quantitative estimate of drug-likeness (QED) is 0.789. The average Bonchev–Trinajstić information content (AvgIpc) is 2.29. The monoisotopic (exact) mass is 259 g/mol. The zero-order valence-corrected chi connectivity index (χ0v) is 9.00. The van der Waals surface area contributed by atoms with E-state index in [0.29, 0.717) is 11.4 Å². The number of hydrogen-bond donors (Lipinski definition) is 0. The van der Waals surface area contributed by atoms with Crippen molar-refractivity contribution in [1.82, 2.24) is 15.2 Å². The summed E-state index contributed by atoms with van der Waals surface area (Å²) in [4.78, 5) is 3.68. The molecule has 2 aromatic rings. The number of aromatic nitrogens is 3. The Bertz CT molecular complexity index is 508. The molecule has 0 saturated carbocycles. The fourth-order valence-electron chi connectivity index (χ4n) is 1.17. The number of nitrogens with zero attached hydrogens (tertiary/aromatic N) is 3. The Morgan fingerprint density at radius 3 is 2.12 bits per heavy atom. The van der Waals surface area contributed by atoms with E-state index in [0.717, 1.165) is 12.3 Å². The SMILES string of the molecule is FC(F)(F)c1ccc(-c2ccc(Cl)nn2)nc1. The van der Waals surface area contributed by atoms with Crippen LogP contribution in [0.4, 0.5) is 13.2 Å². The van der Waals surface area contributed by atoms with Gasteiger partial charge in [-0.1, -0.05) is 11.6 Å². The van der Waals surface area contributed by atoms with Gasteiger partial charge in [-0.15, -0.1) is 10.2 Å². The van der Waals surface area contributed by atoms with Gasteiger partial charge in [-0.3, -0.25) is 4.98 Å². The summed E-state index contributed by atoms with van der Waals surface area (Å²) in [5.41, 5.74) is -0.131. The molecule has 0 aromatic carbocycles. The first-order valence-electron chi connectivity index (χ1n) is 4.49. The second-order valence-electron chi connectivity index (χ2n) is 3.17. The van der Waals surface area contributed by atoms with Crippen LogP contribution in [0, 0.1) is 0 Å². The molecule has 2 rings (SSSR count). The van der Waals surface area contributed by atoms with Crippen LogP contribution in [-0.4, -0.2) is 15.2 Å². The van der Waals surface area contributed by atoms with Gasteiger partial charge in [0.2, 0.25) is 0 Å². The second kappa shape index (κ2) is 4.29. The lowest BCUT2D eigenvalue weighted by Gasteiger charge is -2.06. The third kappa shape index (κ3) is 2.71. The topological polar surface area (TPSA) is 38.7 Å². The fourth-order valence-corrected chi connectivity index (χ4v) is 1.27. The zero-order chi connectivity index (χ0) is 12.5. The van der Waals surface area contributed by atoms with Gasteiger partial charge in [0.25, 0.3) is 0 Å². The molecule has 0 atom stereocenters. The summed E-state index contributed by atoms with van der Waals surface area (Å²) in [6.45, 7) is 0. The van der Waals surface area contributed by atoms with Crippen molar-refractivity contribution in [2.45, 2.75) is 6.18 Å². The van der Waals surface area contributed by atoms with E-state index in [1.54, 1.807) is 0 Å². The number of hydrogen-bond acceptors (Lipinski definition) is 3. The normalized spacial score (nSPS) is 11.5. The number of pyridine rings is 1. The van der Waals surface area contributed by atoms with Gasteiger partial charge in [-0.05, 0) is 24.3 Å². The highest BCUT2D eigenvalue weighted by Gasteiger charge is 2.30. The van der Waals surface area contributed by atoms with E-state index in [1.165, 1.54) is 18.2 Å². The summed E-state index contributed by atoms with van der Waals surface area (Å²) >= 11 is 5.54. The van der Waals surface area contributed by atoms with Crippen LogP contribution in [-0.2, 0) is 6.18 Å². The first-order valence-corrected chi connectivity index (χ1v) is 4.87. The Morgan fingerprint density at radius 2 is 1.65 bits per heavy atom. The van der Waals surface area contributed by atoms with E-state index in [1.807, 2.05) is 0 Å². The Hall–Kier alpha value is -1.69. The number of alkyl halides is 3. The molecule has 2 aromatic heterocycles. The molecule has 0 aliphatic rings. The van der Waals surface area contributed by atoms with Crippen molar-refractivity contribution >= 4 is 11.6 Å². The largest absolute Gasteiger partial charge is 0.417 e. The van der Waals surface area contributed by atoms with Gasteiger partial charge in [0.1, 0.15) is 5.69 Å². The molecule has 0 aliphatic heterocycles. The number of halogens is 4. The molecular formula is C10H5ClF3N3. The summed E-state index contributed by atoms with van der Waals surface area (Å²) < 4.78 is 36.9. The van der Waals surface area contributed by atoms with Gasteiger partial charge in [-0.2, -0.15) is 13.2 Å². The molecule has 88 valence electrons. The maximum atomic E-state index is 12.3. The smallest absolute Gasteiger partial charge is 0.254 e. The molecular weight excluding hydrogens is 255 g/mol. The Labute approximate surface area is 99.3 Å². The molecule has 7 heteroatoms. The van der Waals surface area contributed by atoms with Crippen LogP contribution in [0.2, 0.25) is 5.15 Å². The molecule has 0 saturated heterocycles. The first kappa shape index (κ1) is 11.8. The summed E-state index contributed by atoms with van der Waals surface area (Å²) in [5.74, 6) is 0. The van der Waals surface area contributed by atoms with E-state index in [2.05, 4.69) is 15.2 Å². The van der Waals surface area contributed by atoms with Gasteiger partial charge in [0.15, 0.2) is 5.15 Å². The van der Waals surface area contributed by atoms with E-state index < -0.39 is 11.7 Å². The van der Waals surface area contributed by atoms with Gasteiger partial charge in [0, 0.05) is 6.20 Å². The molecule has 3 nitrogen and oxygen atoms in total.